The monoisotopic (exact) mass is 448 g/mol. The smallest absolute Gasteiger partial charge is 0.328 e. The molecule has 0 aromatic heterocycles. The lowest BCUT2D eigenvalue weighted by Crippen LogP contribution is -2.43. The van der Waals surface area contributed by atoms with Gasteiger partial charge in [0.15, 0.2) is 5.75 Å². The fraction of sp³-hybridized carbons (Fsp3) is 0.391. The summed E-state index contributed by atoms with van der Waals surface area (Å²) in [5, 5.41) is 16.1. The first-order valence-corrected chi connectivity index (χ1v) is 10.7. The third-order valence-electron chi connectivity index (χ3n) is 4.56. The van der Waals surface area contributed by atoms with Crippen LogP contribution in [0.5, 0.6) is 11.5 Å². The summed E-state index contributed by atoms with van der Waals surface area (Å²) < 4.78 is 10.7. The second-order valence-electron chi connectivity index (χ2n) is 6.90. The lowest BCUT2D eigenvalue weighted by Gasteiger charge is -2.18. The van der Waals surface area contributed by atoms with Gasteiger partial charge in [-0.2, -0.15) is 0 Å². The molecule has 0 radical (unpaired) electrons. The van der Waals surface area contributed by atoms with E-state index in [1.807, 2.05) is 37.4 Å². The number of aromatic hydroxyl groups is 1. The number of esters is 1. The minimum Gasteiger partial charge on any atom is -0.505 e. The summed E-state index contributed by atoms with van der Waals surface area (Å²) in [5.41, 5.74) is 0.819. The minimum atomic E-state index is -0.906. The molecule has 2 rings (SSSR count). The van der Waals surface area contributed by atoms with Crippen LogP contribution in [0, 0.1) is 0 Å². The van der Waals surface area contributed by atoms with Gasteiger partial charge in [-0.15, -0.1) is 0 Å². The Morgan fingerprint density at radius 1 is 1.13 bits per heavy atom. The Hall–Kier alpha value is -2.77. The van der Waals surface area contributed by atoms with Gasteiger partial charge in [-0.3, -0.25) is 4.79 Å². The number of carbonyl (C=O) groups is 2. The standard InChI is InChI=1S/C23H29ClN2O5/c1-3-30-23(29)18(15-16-9-5-4-6-10-16)26-22(28)17-11-12-19(20(24)21(17)27)31-14-8-7-13-25-2/h4-6,9-12,18,25,27H,3,7-8,13-15H2,1-2H3,(H,26,28)/t18-/m0/s1. The predicted molar refractivity (Wildman–Crippen MR) is 120 cm³/mol. The molecular formula is C23H29ClN2O5. The minimum absolute atomic E-state index is 0.0444. The molecule has 3 N–H and O–H groups in total. The zero-order chi connectivity index (χ0) is 22.6. The first kappa shape index (κ1) is 24.5. The Labute approximate surface area is 187 Å². The maximum atomic E-state index is 12.8. The molecule has 8 heteroatoms. The molecule has 1 amide bonds. The largest absolute Gasteiger partial charge is 0.505 e. The van der Waals surface area contributed by atoms with Crippen LogP contribution in [0.25, 0.3) is 0 Å². The van der Waals surface area contributed by atoms with Crippen LogP contribution in [0.4, 0.5) is 0 Å². The van der Waals surface area contributed by atoms with Crippen molar-refractivity contribution in [2.75, 3.05) is 26.8 Å². The Balaban J connectivity index is 2.10. The van der Waals surface area contributed by atoms with Crippen molar-refractivity contribution in [2.45, 2.75) is 32.2 Å². The molecule has 2 aromatic carbocycles. The summed E-state index contributed by atoms with van der Waals surface area (Å²) in [6, 6.07) is 11.3. The van der Waals surface area contributed by atoms with Crippen molar-refractivity contribution in [3.8, 4) is 11.5 Å². The number of hydrogen-bond donors (Lipinski definition) is 3. The number of phenolic OH excluding ortho intramolecular Hbond substituents is 1. The average Bonchev–Trinajstić information content (AvgIpc) is 2.76. The topological polar surface area (TPSA) is 96.9 Å². The van der Waals surface area contributed by atoms with E-state index in [2.05, 4.69) is 10.6 Å². The zero-order valence-corrected chi connectivity index (χ0v) is 18.6. The van der Waals surface area contributed by atoms with Crippen LogP contribution in [0.2, 0.25) is 5.02 Å². The summed E-state index contributed by atoms with van der Waals surface area (Å²) in [6.45, 7) is 3.21. The number of benzene rings is 2. The Morgan fingerprint density at radius 3 is 2.55 bits per heavy atom. The van der Waals surface area contributed by atoms with E-state index in [0.29, 0.717) is 12.4 Å². The average molecular weight is 449 g/mol. The molecule has 0 aliphatic carbocycles. The predicted octanol–water partition coefficient (Wildman–Crippen LogP) is 3.33. The molecule has 168 valence electrons. The van der Waals surface area contributed by atoms with Crippen LogP contribution in [-0.4, -0.2) is 49.8 Å². The molecule has 0 spiro atoms. The quantitative estimate of drug-likeness (QED) is 0.340. The molecule has 0 fully saturated rings. The molecule has 0 aliphatic heterocycles. The number of hydrogen-bond acceptors (Lipinski definition) is 6. The van der Waals surface area contributed by atoms with E-state index in [9.17, 15) is 14.7 Å². The van der Waals surface area contributed by atoms with E-state index in [1.54, 1.807) is 6.92 Å². The third kappa shape index (κ3) is 7.45. The van der Waals surface area contributed by atoms with Crippen LogP contribution in [-0.2, 0) is 16.0 Å². The van der Waals surface area contributed by atoms with Gasteiger partial charge in [0.1, 0.15) is 16.8 Å². The molecule has 0 bridgehead atoms. The van der Waals surface area contributed by atoms with Gasteiger partial charge >= 0.3 is 5.97 Å². The number of halogens is 1. The molecule has 1 atom stereocenters. The van der Waals surface area contributed by atoms with Gasteiger partial charge in [-0.25, -0.2) is 4.79 Å². The summed E-state index contributed by atoms with van der Waals surface area (Å²) in [7, 11) is 1.88. The SMILES string of the molecule is CCOC(=O)[C@H](Cc1ccccc1)NC(=O)c1ccc(OCCCCNC)c(Cl)c1O. The van der Waals surface area contributed by atoms with E-state index in [1.165, 1.54) is 12.1 Å². The van der Waals surface area contributed by atoms with Crippen molar-refractivity contribution in [3.63, 3.8) is 0 Å². The zero-order valence-electron chi connectivity index (χ0n) is 17.8. The van der Waals surface area contributed by atoms with E-state index in [0.717, 1.165) is 24.9 Å². The second kappa shape index (κ2) is 12.8. The molecule has 0 aliphatic rings. The fourth-order valence-electron chi connectivity index (χ4n) is 2.95. The van der Waals surface area contributed by atoms with Gasteiger partial charge in [0.2, 0.25) is 0 Å². The fourth-order valence-corrected chi connectivity index (χ4v) is 3.17. The van der Waals surface area contributed by atoms with Crippen LogP contribution in [0.15, 0.2) is 42.5 Å². The summed E-state index contributed by atoms with van der Waals surface area (Å²) in [6.07, 6.45) is 2.02. The first-order valence-electron chi connectivity index (χ1n) is 10.3. The van der Waals surface area contributed by atoms with E-state index in [-0.39, 0.29) is 23.6 Å². The molecule has 2 aromatic rings. The summed E-state index contributed by atoms with van der Waals surface area (Å²) >= 11 is 6.20. The number of amides is 1. The highest BCUT2D eigenvalue weighted by Crippen LogP contribution is 2.36. The number of unbranched alkanes of at least 4 members (excludes halogenated alkanes) is 1. The number of carbonyl (C=O) groups excluding carboxylic acids is 2. The highest BCUT2D eigenvalue weighted by molar-refractivity contribution is 6.34. The van der Waals surface area contributed by atoms with Crippen molar-refractivity contribution in [1.29, 1.82) is 0 Å². The number of nitrogens with one attached hydrogen (secondary N) is 2. The van der Waals surface area contributed by atoms with E-state index >= 15 is 0 Å². The number of phenols is 1. The van der Waals surface area contributed by atoms with Gasteiger partial charge in [0.25, 0.3) is 5.91 Å². The maximum Gasteiger partial charge on any atom is 0.328 e. The van der Waals surface area contributed by atoms with E-state index in [4.69, 9.17) is 21.1 Å². The highest BCUT2D eigenvalue weighted by Gasteiger charge is 2.25. The Kier molecular flexibility index (Phi) is 10.1. The summed E-state index contributed by atoms with van der Waals surface area (Å²) in [4.78, 5) is 25.1. The Morgan fingerprint density at radius 2 is 1.87 bits per heavy atom. The van der Waals surface area contributed by atoms with Crippen molar-refractivity contribution in [3.05, 3.63) is 58.6 Å². The van der Waals surface area contributed by atoms with Gasteiger partial charge in [-0.1, -0.05) is 41.9 Å². The van der Waals surface area contributed by atoms with Crippen LogP contribution < -0.4 is 15.4 Å². The van der Waals surface area contributed by atoms with Crippen molar-refractivity contribution in [2.24, 2.45) is 0 Å². The lowest BCUT2D eigenvalue weighted by molar-refractivity contribution is -0.145. The Bertz CT molecular complexity index is 861. The molecule has 31 heavy (non-hydrogen) atoms. The highest BCUT2D eigenvalue weighted by atomic mass is 35.5. The lowest BCUT2D eigenvalue weighted by atomic mass is 10.1. The molecule has 0 saturated heterocycles. The van der Waals surface area contributed by atoms with Gasteiger partial charge < -0.3 is 25.2 Å². The molecule has 0 unspecified atom stereocenters. The first-order chi connectivity index (χ1) is 15.0. The van der Waals surface area contributed by atoms with Gasteiger partial charge in [0, 0.05) is 6.42 Å². The van der Waals surface area contributed by atoms with Crippen molar-refractivity contribution >= 4 is 23.5 Å². The summed E-state index contributed by atoms with van der Waals surface area (Å²) in [5.74, 6) is -1.28. The van der Waals surface area contributed by atoms with Crippen LogP contribution >= 0.6 is 11.6 Å². The molecule has 0 saturated carbocycles. The van der Waals surface area contributed by atoms with E-state index < -0.39 is 23.7 Å². The number of ether oxygens (including phenoxy) is 2. The van der Waals surface area contributed by atoms with Gasteiger partial charge in [-0.05, 0) is 51.1 Å². The second-order valence-corrected chi connectivity index (χ2v) is 7.28. The molecule has 7 nitrogen and oxygen atoms in total. The van der Waals surface area contributed by atoms with Gasteiger partial charge in [0.05, 0.1) is 18.8 Å². The maximum absolute atomic E-state index is 12.8. The normalized spacial score (nSPS) is 11.6. The van der Waals surface area contributed by atoms with Crippen LogP contribution in [0.1, 0.15) is 35.7 Å². The third-order valence-corrected chi connectivity index (χ3v) is 4.93. The molecule has 0 heterocycles. The number of rotatable bonds is 12. The van der Waals surface area contributed by atoms with Crippen molar-refractivity contribution < 1.29 is 24.2 Å². The van der Waals surface area contributed by atoms with Crippen LogP contribution in [0.3, 0.4) is 0 Å². The van der Waals surface area contributed by atoms with Crippen molar-refractivity contribution in [1.82, 2.24) is 10.6 Å². The molecular weight excluding hydrogens is 420 g/mol.